The number of aromatic nitrogens is 3. The van der Waals surface area contributed by atoms with Gasteiger partial charge in [-0.15, -0.1) is 22.7 Å². The fourth-order valence-electron chi connectivity index (χ4n) is 2.70. The number of carbonyl (C=O) groups excluding carboxylic acids is 1. The fraction of sp³-hybridized carbons (Fsp3) is 0.400. The standard InChI is InChI=1S/C20H24N4OS2/c1-13(2)11-18-23-14(3)19(27-18)20(25)22-8-4-5-17-24-16(12-26-17)15-6-9-21-10-7-15/h6-7,9-10,12-13H,4-5,8,11H2,1-3H3,(H,22,25). The topological polar surface area (TPSA) is 67.8 Å². The number of thiazole rings is 2. The molecule has 0 aliphatic rings. The molecule has 27 heavy (non-hydrogen) atoms. The molecule has 0 atom stereocenters. The molecule has 0 saturated heterocycles. The van der Waals surface area contributed by atoms with Crippen LogP contribution in [0.15, 0.2) is 29.9 Å². The molecule has 7 heteroatoms. The lowest BCUT2D eigenvalue weighted by Crippen LogP contribution is -2.24. The lowest BCUT2D eigenvalue weighted by atomic mass is 10.1. The van der Waals surface area contributed by atoms with E-state index in [1.165, 1.54) is 11.3 Å². The number of amides is 1. The number of carbonyl (C=O) groups is 1. The van der Waals surface area contributed by atoms with Gasteiger partial charge in [0.1, 0.15) is 4.88 Å². The number of rotatable bonds is 8. The van der Waals surface area contributed by atoms with E-state index in [0.29, 0.717) is 12.5 Å². The van der Waals surface area contributed by atoms with Gasteiger partial charge in [-0.3, -0.25) is 9.78 Å². The molecule has 3 rings (SSSR count). The van der Waals surface area contributed by atoms with E-state index in [9.17, 15) is 4.79 Å². The fourth-order valence-corrected chi connectivity index (χ4v) is 4.75. The van der Waals surface area contributed by atoms with Crippen molar-refractivity contribution >= 4 is 28.6 Å². The minimum absolute atomic E-state index is 0.0170. The quantitative estimate of drug-likeness (QED) is 0.564. The van der Waals surface area contributed by atoms with Crippen LogP contribution >= 0.6 is 22.7 Å². The van der Waals surface area contributed by atoms with Gasteiger partial charge < -0.3 is 5.32 Å². The summed E-state index contributed by atoms with van der Waals surface area (Å²) in [4.78, 5) is 26.4. The maximum absolute atomic E-state index is 12.4. The minimum Gasteiger partial charge on any atom is -0.351 e. The molecular weight excluding hydrogens is 376 g/mol. The van der Waals surface area contributed by atoms with E-state index in [2.05, 4.69) is 39.5 Å². The number of nitrogens with zero attached hydrogens (tertiary/aromatic N) is 3. The Hall–Kier alpha value is -2.12. The Bertz CT molecular complexity index is 887. The second kappa shape index (κ2) is 9.19. The first kappa shape index (κ1) is 19.6. The third kappa shape index (κ3) is 5.43. The lowest BCUT2D eigenvalue weighted by Gasteiger charge is -2.03. The van der Waals surface area contributed by atoms with Gasteiger partial charge in [-0.2, -0.15) is 0 Å². The van der Waals surface area contributed by atoms with Crippen LogP contribution in [-0.4, -0.2) is 27.4 Å². The molecule has 0 saturated carbocycles. The molecule has 0 fully saturated rings. The Morgan fingerprint density at radius 3 is 2.70 bits per heavy atom. The predicted octanol–water partition coefficient (Wildman–Crippen LogP) is 4.53. The number of hydrogen-bond acceptors (Lipinski definition) is 6. The molecule has 0 bridgehead atoms. The highest BCUT2D eigenvalue weighted by molar-refractivity contribution is 7.13. The van der Waals surface area contributed by atoms with E-state index in [0.717, 1.165) is 51.1 Å². The van der Waals surface area contributed by atoms with E-state index < -0.39 is 0 Å². The molecule has 142 valence electrons. The van der Waals surface area contributed by atoms with Crippen molar-refractivity contribution in [1.82, 2.24) is 20.3 Å². The molecule has 0 aliphatic heterocycles. The van der Waals surface area contributed by atoms with Crippen LogP contribution in [0.25, 0.3) is 11.3 Å². The zero-order chi connectivity index (χ0) is 19.2. The lowest BCUT2D eigenvalue weighted by molar-refractivity contribution is 0.0956. The normalized spacial score (nSPS) is 11.1. The molecule has 0 aliphatic carbocycles. The predicted molar refractivity (Wildman–Crippen MR) is 111 cm³/mol. The van der Waals surface area contributed by atoms with Crippen molar-refractivity contribution in [1.29, 1.82) is 0 Å². The number of hydrogen-bond donors (Lipinski definition) is 1. The number of nitrogens with one attached hydrogen (secondary N) is 1. The van der Waals surface area contributed by atoms with Crippen LogP contribution in [0.4, 0.5) is 0 Å². The van der Waals surface area contributed by atoms with Gasteiger partial charge in [0.25, 0.3) is 5.91 Å². The van der Waals surface area contributed by atoms with Crippen LogP contribution in [0.1, 0.15) is 45.6 Å². The first-order valence-electron chi connectivity index (χ1n) is 9.12. The monoisotopic (exact) mass is 400 g/mol. The molecule has 3 heterocycles. The van der Waals surface area contributed by atoms with Crippen LogP contribution in [-0.2, 0) is 12.8 Å². The average Bonchev–Trinajstić information content (AvgIpc) is 3.25. The minimum atomic E-state index is -0.0170. The summed E-state index contributed by atoms with van der Waals surface area (Å²) in [5.41, 5.74) is 2.90. The molecule has 0 aromatic carbocycles. The molecule has 0 unspecified atom stereocenters. The summed E-state index contributed by atoms with van der Waals surface area (Å²) in [5, 5.41) is 7.21. The van der Waals surface area contributed by atoms with E-state index in [-0.39, 0.29) is 5.91 Å². The summed E-state index contributed by atoms with van der Waals surface area (Å²) in [6.45, 7) is 6.87. The summed E-state index contributed by atoms with van der Waals surface area (Å²) in [6, 6.07) is 3.92. The molecule has 5 nitrogen and oxygen atoms in total. The van der Waals surface area contributed by atoms with Crippen molar-refractivity contribution in [2.24, 2.45) is 5.92 Å². The average molecular weight is 401 g/mol. The van der Waals surface area contributed by atoms with Crippen molar-refractivity contribution in [3.05, 3.63) is 50.5 Å². The summed E-state index contributed by atoms with van der Waals surface area (Å²) >= 11 is 3.17. The first-order valence-corrected chi connectivity index (χ1v) is 10.8. The third-order valence-electron chi connectivity index (χ3n) is 4.01. The molecule has 1 N–H and O–H groups in total. The van der Waals surface area contributed by atoms with Gasteiger partial charge in [-0.05, 0) is 31.4 Å². The van der Waals surface area contributed by atoms with E-state index >= 15 is 0 Å². The molecule has 0 radical (unpaired) electrons. The molecule has 3 aromatic rings. The van der Waals surface area contributed by atoms with Crippen molar-refractivity contribution in [2.75, 3.05) is 6.54 Å². The Balaban J connectivity index is 1.47. The van der Waals surface area contributed by atoms with Crippen LogP contribution in [0.3, 0.4) is 0 Å². The van der Waals surface area contributed by atoms with Crippen molar-refractivity contribution < 1.29 is 4.79 Å². The van der Waals surface area contributed by atoms with E-state index in [1.54, 1.807) is 23.7 Å². The SMILES string of the molecule is Cc1nc(CC(C)C)sc1C(=O)NCCCc1nc(-c2ccncc2)cs1. The van der Waals surface area contributed by atoms with Gasteiger partial charge >= 0.3 is 0 Å². The van der Waals surface area contributed by atoms with Gasteiger partial charge in [0.2, 0.25) is 0 Å². The van der Waals surface area contributed by atoms with Gasteiger partial charge in [0.15, 0.2) is 0 Å². The molecule has 1 amide bonds. The zero-order valence-electron chi connectivity index (χ0n) is 15.9. The second-order valence-electron chi connectivity index (χ2n) is 6.84. The van der Waals surface area contributed by atoms with Crippen LogP contribution in [0.5, 0.6) is 0 Å². The summed E-state index contributed by atoms with van der Waals surface area (Å²) in [5.74, 6) is 0.526. The maximum Gasteiger partial charge on any atom is 0.263 e. The highest BCUT2D eigenvalue weighted by Gasteiger charge is 2.15. The highest BCUT2D eigenvalue weighted by Crippen LogP contribution is 2.22. The number of pyridine rings is 1. The summed E-state index contributed by atoms with van der Waals surface area (Å²) in [7, 11) is 0. The summed E-state index contributed by atoms with van der Waals surface area (Å²) in [6.07, 6.45) is 6.19. The van der Waals surface area contributed by atoms with Gasteiger partial charge in [0, 0.05) is 42.7 Å². The molecule has 3 aromatic heterocycles. The van der Waals surface area contributed by atoms with Crippen molar-refractivity contribution in [3.8, 4) is 11.3 Å². The first-order chi connectivity index (χ1) is 13.0. The second-order valence-corrected chi connectivity index (χ2v) is 8.87. The van der Waals surface area contributed by atoms with Crippen LogP contribution in [0, 0.1) is 12.8 Å². The Kier molecular flexibility index (Phi) is 6.68. The third-order valence-corrected chi connectivity index (χ3v) is 6.10. The zero-order valence-corrected chi connectivity index (χ0v) is 17.5. The number of aryl methyl sites for hydroxylation is 2. The van der Waals surface area contributed by atoms with Gasteiger partial charge in [-0.25, -0.2) is 9.97 Å². The highest BCUT2D eigenvalue weighted by atomic mass is 32.1. The molecular formula is C20H24N4OS2. The Morgan fingerprint density at radius 1 is 1.19 bits per heavy atom. The van der Waals surface area contributed by atoms with Crippen molar-refractivity contribution in [2.45, 2.75) is 40.0 Å². The summed E-state index contributed by atoms with van der Waals surface area (Å²) < 4.78 is 0. The van der Waals surface area contributed by atoms with Crippen LogP contribution < -0.4 is 5.32 Å². The molecule has 0 spiro atoms. The Morgan fingerprint density at radius 2 is 1.96 bits per heavy atom. The van der Waals surface area contributed by atoms with E-state index in [1.807, 2.05) is 19.1 Å². The van der Waals surface area contributed by atoms with Crippen LogP contribution in [0.2, 0.25) is 0 Å². The van der Waals surface area contributed by atoms with E-state index in [4.69, 9.17) is 0 Å². The van der Waals surface area contributed by atoms with Gasteiger partial charge in [-0.1, -0.05) is 13.8 Å². The smallest absolute Gasteiger partial charge is 0.263 e. The largest absolute Gasteiger partial charge is 0.351 e. The van der Waals surface area contributed by atoms with Crippen molar-refractivity contribution in [3.63, 3.8) is 0 Å². The maximum atomic E-state index is 12.4. The van der Waals surface area contributed by atoms with Gasteiger partial charge in [0.05, 0.1) is 21.4 Å². The Labute approximate surface area is 167 Å².